The number of unbranched alkanes of at least 4 members (excludes halogenated alkanes) is 3. The van der Waals surface area contributed by atoms with E-state index in [4.69, 9.17) is 5.11 Å². The minimum Gasteiger partial charge on any atom is -0.480 e. The molecule has 4 heteroatoms. The van der Waals surface area contributed by atoms with Crippen molar-refractivity contribution in [3.05, 3.63) is 0 Å². The van der Waals surface area contributed by atoms with Crippen molar-refractivity contribution in [2.45, 2.75) is 65.3 Å². The highest BCUT2D eigenvalue weighted by Crippen LogP contribution is 2.07. The van der Waals surface area contributed by atoms with Crippen LogP contribution >= 0.6 is 0 Å². The Morgan fingerprint density at radius 1 is 1.18 bits per heavy atom. The quantitative estimate of drug-likeness (QED) is 0.612. The minimum atomic E-state index is -0.932. The predicted molar refractivity (Wildman–Crippen MR) is 67.8 cm³/mol. The van der Waals surface area contributed by atoms with Crippen molar-refractivity contribution in [2.75, 3.05) is 0 Å². The molecule has 0 bridgehead atoms. The summed E-state index contributed by atoms with van der Waals surface area (Å²) in [7, 11) is 0. The van der Waals surface area contributed by atoms with E-state index < -0.39 is 12.0 Å². The normalized spacial score (nSPS) is 12.5. The number of nitrogens with one attached hydrogen (secondary N) is 1. The van der Waals surface area contributed by atoms with E-state index >= 15 is 0 Å². The molecule has 0 aromatic carbocycles. The van der Waals surface area contributed by atoms with Crippen LogP contribution in [0.4, 0.5) is 0 Å². The smallest absolute Gasteiger partial charge is 0.326 e. The van der Waals surface area contributed by atoms with Crippen LogP contribution in [0, 0.1) is 5.92 Å². The largest absolute Gasteiger partial charge is 0.480 e. The van der Waals surface area contributed by atoms with E-state index in [9.17, 15) is 9.59 Å². The van der Waals surface area contributed by atoms with Gasteiger partial charge in [0.15, 0.2) is 0 Å². The number of carbonyl (C=O) groups is 2. The van der Waals surface area contributed by atoms with Crippen molar-refractivity contribution >= 4 is 11.9 Å². The topological polar surface area (TPSA) is 66.4 Å². The van der Waals surface area contributed by atoms with Crippen molar-refractivity contribution in [1.82, 2.24) is 5.32 Å². The number of hydrogen-bond donors (Lipinski definition) is 2. The Balaban J connectivity index is 3.98. The molecule has 0 fully saturated rings. The first-order valence-electron chi connectivity index (χ1n) is 6.49. The van der Waals surface area contributed by atoms with Gasteiger partial charge in [-0.2, -0.15) is 0 Å². The van der Waals surface area contributed by atoms with Gasteiger partial charge in [-0.15, -0.1) is 0 Å². The number of rotatable bonds is 9. The van der Waals surface area contributed by atoms with Gasteiger partial charge in [-0.1, -0.05) is 46.5 Å². The maximum atomic E-state index is 11.5. The molecule has 0 saturated carbocycles. The summed E-state index contributed by atoms with van der Waals surface area (Å²) in [6.07, 6.45) is 5.04. The summed E-state index contributed by atoms with van der Waals surface area (Å²) in [6, 6.07) is -0.724. The summed E-state index contributed by atoms with van der Waals surface area (Å²) in [6.45, 7) is 5.99. The van der Waals surface area contributed by atoms with Crippen LogP contribution in [0.5, 0.6) is 0 Å². The van der Waals surface area contributed by atoms with Crippen LogP contribution in [0.1, 0.15) is 59.3 Å². The Morgan fingerprint density at radius 2 is 1.82 bits per heavy atom. The molecule has 0 heterocycles. The van der Waals surface area contributed by atoms with Gasteiger partial charge in [0.2, 0.25) is 5.91 Å². The van der Waals surface area contributed by atoms with Gasteiger partial charge in [-0.25, -0.2) is 4.79 Å². The molecule has 0 aliphatic rings. The summed E-state index contributed by atoms with van der Waals surface area (Å²) in [5.41, 5.74) is 0. The lowest BCUT2D eigenvalue weighted by Crippen LogP contribution is -2.41. The number of aliphatic carboxylic acids is 1. The average molecular weight is 243 g/mol. The van der Waals surface area contributed by atoms with E-state index in [0.29, 0.717) is 12.8 Å². The molecule has 0 saturated heterocycles. The molecule has 0 aliphatic carbocycles. The lowest BCUT2D eigenvalue weighted by Gasteiger charge is -2.15. The fourth-order valence-electron chi connectivity index (χ4n) is 1.66. The third kappa shape index (κ3) is 8.72. The Kier molecular flexibility index (Phi) is 8.46. The third-order valence-corrected chi connectivity index (χ3v) is 2.57. The van der Waals surface area contributed by atoms with E-state index in [1.807, 2.05) is 13.8 Å². The maximum Gasteiger partial charge on any atom is 0.326 e. The highest BCUT2D eigenvalue weighted by Gasteiger charge is 2.19. The predicted octanol–water partition coefficient (Wildman–Crippen LogP) is 2.57. The molecular formula is C13H25NO3. The fraction of sp³-hybridized carbons (Fsp3) is 0.846. The van der Waals surface area contributed by atoms with Gasteiger partial charge in [-0.05, 0) is 12.3 Å². The molecule has 4 nitrogen and oxygen atoms in total. The Bertz CT molecular complexity index is 239. The SMILES string of the molecule is CCCCCC[C@H](NC(=O)CC(C)C)C(=O)O. The summed E-state index contributed by atoms with van der Waals surface area (Å²) < 4.78 is 0. The molecule has 0 spiro atoms. The first-order valence-corrected chi connectivity index (χ1v) is 6.49. The van der Waals surface area contributed by atoms with Gasteiger partial charge < -0.3 is 10.4 Å². The van der Waals surface area contributed by atoms with Gasteiger partial charge in [-0.3, -0.25) is 4.79 Å². The van der Waals surface area contributed by atoms with Crippen LogP contribution in [0.15, 0.2) is 0 Å². The monoisotopic (exact) mass is 243 g/mol. The molecule has 0 unspecified atom stereocenters. The lowest BCUT2D eigenvalue weighted by atomic mass is 10.1. The van der Waals surface area contributed by atoms with Gasteiger partial charge in [0, 0.05) is 6.42 Å². The Morgan fingerprint density at radius 3 is 2.29 bits per heavy atom. The van der Waals surface area contributed by atoms with Crippen LogP contribution < -0.4 is 5.32 Å². The zero-order chi connectivity index (χ0) is 13.3. The second-order valence-electron chi connectivity index (χ2n) is 4.91. The van der Waals surface area contributed by atoms with Gasteiger partial charge in [0.25, 0.3) is 0 Å². The minimum absolute atomic E-state index is 0.164. The lowest BCUT2D eigenvalue weighted by molar-refractivity contribution is -0.142. The first-order chi connectivity index (χ1) is 7.97. The summed E-state index contributed by atoms with van der Waals surface area (Å²) >= 11 is 0. The number of carboxylic acids is 1. The van der Waals surface area contributed by atoms with Gasteiger partial charge >= 0.3 is 5.97 Å². The van der Waals surface area contributed by atoms with Crippen LogP contribution in [0.25, 0.3) is 0 Å². The van der Waals surface area contributed by atoms with Gasteiger partial charge in [0.1, 0.15) is 6.04 Å². The van der Waals surface area contributed by atoms with Crippen LogP contribution in [-0.2, 0) is 9.59 Å². The van der Waals surface area contributed by atoms with E-state index in [1.54, 1.807) is 0 Å². The molecule has 17 heavy (non-hydrogen) atoms. The zero-order valence-electron chi connectivity index (χ0n) is 11.2. The summed E-state index contributed by atoms with van der Waals surface area (Å²) in [5, 5.41) is 11.6. The molecule has 2 N–H and O–H groups in total. The van der Waals surface area contributed by atoms with Crippen molar-refractivity contribution in [3.8, 4) is 0 Å². The standard InChI is InChI=1S/C13H25NO3/c1-4-5-6-7-8-11(13(16)17)14-12(15)9-10(2)3/h10-11H,4-9H2,1-3H3,(H,14,15)(H,16,17)/t11-/m0/s1. The fourth-order valence-corrected chi connectivity index (χ4v) is 1.66. The summed E-state index contributed by atoms with van der Waals surface area (Å²) in [4.78, 5) is 22.5. The van der Waals surface area contributed by atoms with E-state index in [1.165, 1.54) is 0 Å². The van der Waals surface area contributed by atoms with Crippen molar-refractivity contribution < 1.29 is 14.7 Å². The highest BCUT2D eigenvalue weighted by molar-refractivity contribution is 5.83. The first kappa shape index (κ1) is 15.9. The molecule has 0 aliphatic heterocycles. The van der Waals surface area contributed by atoms with E-state index in [0.717, 1.165) is 25.7 Å². The zero-order valence-corrected chi connectivity index (χ0v) is 11.2. The molecule has 1 atom stereocenters. The number of hydrogen-bond acceptors (Lipinski definition) is 2. The third-order valence-electron chi connectivity index (χ3n) is 2.57. The molecular weight excluding hydrogens is 218 g/mol. The van der Waals surface area contributed by atoms with Crippen molar-refractivity contribution in [1.29, 1.82) is 0 Å². The van der Waals surface area contributed by atoms with Crippen LogP contribution in [0.3, 0.4) is 0 Å². The Hall–Kier alpha value is -1.06. The van der Waals surface area contributed by atoms with Crippen molar-refractivity contribution in [2.24, 2.45) is 5.92 Å². The molecule has 1 amide bonds. The molecule has 0 aromatic heterocycles. The maximum absolute atomic E-state index is 11.5. The molecule has 0 radical (unpaired) electrons. The van der Waals surface area contributed by atoms with E-state index in [-0.39, 0.29) is 11.8 Å². The summed E-state index contributed by atoms with van der Waals surface area (Å²) in [5.74, 6) is -0.842. The number of carboxylic acid groups (broad SMARTS) is 1. The van der Waals surface area contributed by atoms with E-state index in [2.05, 4.69) is 12.2 Å². The van der Waals surface area contributed by atoms with Gasteiger partial charge in [0.05, 0.1) is 0 Å². The Labute approximate surface area is 104 Å². The second kappa shape index (κ2) is 9.02. The van der Waals surface area contributed by atoms with Crippen LogP contribution in [0.2, 0.25) is 0 Å². The second-order valence-corrected chi connectivity index (χ2v) is 4.91. The van der Waals surface area contributed by atoms with Crippen LogP contribution in [-0.4, -0.2) is 23.0 Å². The highest BCUT2D eigenvalue weighted by atomic mass is 16.4. The molecule has 100 valence electrons. The molecule has 0 rings (SSSR count). The number of amides is 1. The van der Waals surface area contributed by atoms with Crippen molar-refractivity contribution in [3.63, 3.8) is 0 Å². The number of carbonyl (C=O) groups excluding carboxylic acids is 1. The molecule has 0 aromatic rings. The average Bonchev–Trinajstić information content (AvgIpc) is 2.21.